The Bertz CT molecular complexity index is 848. The number of sulfonamides is 1. The number of likely N-dealkylation sites (N-methyl/N-ethyl adjacent to an activating group) is 1. The molecule has 1 aliphatic heterocycles. The number of rotatable bonds is 7. The van der Waals surface area contributed by atoms with Gasteiger partial charge in [0, 0.05) is 38.6 Å². The van der Waals surface area contributed by atoms with Crippen LogP contribution in [0, 0.1) is 0 Å². The van der Waals surface area contributed by atoms with Crippen molar-refractivity contribution >= 4 is 10.0 Å². The predicted octanol–water partition coefficient (Wildman–Crippen LogP) is 0.700. The Hall–Kier alpha value is -1.84. The van der Waals surface area contributed by atoms with Gasteiger partial charge < -0.3 is 10.2 Å². The molecule has 1 aromatic carbocycles. The van der Waals surface area contributed by atoms with Gasteiger partial charge in [0.25, 0.3) is 0 Å². The van der Waals surface area contributed by atoms with E-state index in [1.807, 2.05) is 24.0 Å². The summed E-state index contributed by atoms with van der Waals surface area (Å²) in [6.45, 7) is 3.11. The molecule has 8 heteroatoms. The van der Waals surface area contributed by atoms with Crippen LogP contribution >= 0.6 is 0 Å². The van der Waals surface area contributed by atoms with E-state index in [0.29, 0.717) is 13.1 Å². The van der Waals surface area contributed by atoms with Crippen molar-refractivity contribution in [1.29, 1.82) is 0 Å². The minimum atomic E-state index is -3.76. The van der Waals surface area contributed by atoms with Gasteiger partial charge >= 0.3 is 0 Å². The first-order valence-corrected chi connectivity index (χ1v) is 10.4. The quantitative estimate of drug-likeness (QED) is 0.722. The average Bonchev–Trinajstić information content (AvgIpc) is 2.98. The van der Waals surface area contributed by atoms with Crippen molar-refractivity contribution in [1.82, 2.24) is 14.2 Å². The highest BCUT2D eigenvalue weighted by Crippen LogP contribution is 2.28. The highest BCUT2D eigenvalue weighted by Gasteiger charge is 2.49. The third kappa shape index (κ3) is 4.36. The summed E-state index contributed by atoms with van der Waals surface area (Å²) in [6.07, 6.45) is 2.26. The van der Waals surface area contributed by atoms with Crippen LogP contribution in [0.15, 0.2) is 59.8 Å². The van der Waals surface area contributed by atoms with Crippen molar-refractivity contribution in [3.05, 3.63) is 60.4 Å². The number of β-amino-alcohol motifs (C(OH)–C–C–N with tert-alkyl or cyclic N) is 2. The molecule has 3 rings (SSSR count). The van der Waals surface area contributed by atoms with Crippen molar-refractivity contribution in [3.8, 4) is 0 Å². The summed E-state index contributed by atoms with van der Waals surface area (Å²) in [5.74, 6) is 0. The minimum absolute atomic E-state index is 0.124. The molecule has 7 nitrogen and oxygen atoms in total. The summed E-state index contributed by atoms with van der Waals surface area (Å²) in [6, 6.07) is 11.9. The maximum absolute atomic E-state index is 12.8. The van der Waals surface area contributed by atoms with Crippen LogP contribution in [0.4, 0.5) is 0 Å². The molecule has 2 heterocycles. The predicted molar refractivity (Wildman–Crippen MR) is 101 cm³/mol. The first-order chi connectivity index (χ1) is 12.8. The van der Waals surface area contributed by atoms with Crippen LogP contribution in [-0.4, -0.2) is 70.7 Å². The fourth-order valence-corrected chi connectivity index (χ4v) is 4.86. The molecule has 146 valence electrons. The Balaban J connectivity index is 1.74. The number of hydrogen-bond acceptors (Lipinski definition) is 6. The third-order valence-corrected chi connectivity index (χ3v) is 6.75. The van der Waals surface area contributed by atoms with Crippen molar-refractivity contribution in [2.24, 2.45) is 0 Å². The van der Waals surface area contributed by atoms with E-state index >= 15 is 0 Å². The van der Waals surface area contributed by atoms with Crippen LogP contribution in [-0.2, 0) is 16.6 Å². The van der Waals surface area contributed by atoms with E-state index in [0.717, 1.165) is 9.87 Å². The summed E-state index contributed by atoms with van der Waals surface area (Å²) in [4.78, 5) is 6.13. The third-order valence-electron chi connectivity index (χ3n) is 4.93. The fraction of sp³-hybridized carbons (Fsp3) is 0.421. The van der Waals surface area contributed by atoms with E-state index < -0.39 is 21.7 Å². The molecule has 1 fully saturated rings. The lowest BCUT2D eigenvalue weighted by Crippen LogP contribution is -2.51. The van der Waals surface area contributed by atoms with Gasteiger partial charge in [0.2, 0.25) is 10.0 Å². The summed E-state index contributed by atoms with van der Waals surface area (Å²) in [5.41, 5.74) is -0.484. The largest absolute Gasteiger partial charge is 0.389 e. The number of benzene rings is 1. The number of hydrogen-bond donors (Lipinski definition) is 2. The Kier molecular flexibility index (Phi) is 5.92. The number of aliphatic hydroxyl groups is 2. The molecule has 1 saturated heterocycles. The lowest BCUT2D eigenvalue weighted by atomic mass is 9.99. The number of pyridine rings is 1. The molecular formula is C19H25N3O4S. The molecule has 2 atom stereocenters. The number of aliphatic hydroxyl groups excluding tert-OH is 1. The molecule has 0 saturated carbocycles. The molecule has 0 bridgehead atoms. The van der Waals surface area contributed by atoms with Gasteiger partial charge in [0.05, 0.1) is 11.0 Å². The van der Waals surface area contributed by atoms with Gasteiger partial charge in [-0.2, -0.15) is 4.31 Å². The van der Waals surface area contributed by atoms with Gasteiger partial charge in [-0.1, -0.05) is 25.1 Å². The van der Waals surface area contributed by atoms with Crippen LogP contribution in [0.2, 0.25) is 0 Å². The van der Waals surface area contributed by atoms with Crippen molar-refractivity contribution in [3.63, 3.8) is 0 Å². The van der Waals surface area contributed by atoms with Gasteiger partial charge in [-0.25, -0.2) is 8.42 Å². The maximum atomic E-state index is 12.8. The van der Waals surface area contributed by atoms with Crippen LogP contribution in [0.3, 0.4) is 0 Å². The van der Waals surface area contributed by atoms with Gasteiger partial charge in [0.1, 0.15) is 5.60 Å². The molecule has 2 N–H and O–H groups in total. The molecule has 0 amide bonds. The average molecular weight is 391 g/mol. The topological polar surface area (TPSA) is 94.0 Å². The zero-order chi connectivity index (χ0) is 19.5. The fourth-order valence-electron chi connectivity index (χ4n) is 3.33. The monoisotopic (exact) mass is 391 g/mol. The molecule has 0 unspecified atom stereocenters. The van der Waals surface area contributed by atoms with Crippen molar-refractivity contribution < 1.29 is 18.6 Å². The first kappa shape index (κ1) is 19.9. The van der Waals surface area contributed by atoms with E-state index in [1.165, 1.54) is 12.1 Å². The van der Waals surface area contributed by atoms with Crippen molar-refractivity contribution in [2.45, 2.75) is 30.1 Å². The minimum Gasteiger partial charge on any atom is -0.389 e. The Morgan fingerprint density at radius 1 is 1.22 bits per heavy atom. The lowest BCUT2D eigenvalue weighted by Gasteiger charge is -2.32. The second-order valence-corrected chi connectivity index (χ2v) is 8.83. The molecule has 27 heavy (non-hydrogen) atoms. The standard InChI is InChI=1S/C19H25N3O4S/c1-2-21(12-16-8-10-20-11-9-16)14-19(24)15-22(13-18(19)23)27(25,26)17-6-4-3-5-7-17/h3-11,18,23-24H,2,12-15H2,1H3/t18-,19+/m1/s1. The van der Waals surface area contributed by atoms with Gasteiger partial charge in [-0.05, 0) is 36.4 Å². The van der Waals surface area contributed by atoms with Crippen LogP contribution in [0.1, 0.15) is 12.5 Å². The molecule has 1 aromatic heterocycles. The molecule has 1 aliphatic rings. The maximum Gasteiger partial charge on any atom is 0.243 e. The normalized spacial score (nSPS) is 23.8. The zero-order valence-corrected chi connectivity index (χ0v) is 16.1. The van der Waals surface area contributed by atoms with E-state index in [2.05, 4.69) is 4.98 Å². The SMILES string of the molecule is CCN(Cc1ccncc1)C[C@]1(O)CN(S(=O)(=O)c2ccccc2)C[C@H]1O. The Morgan fingerprint density at radius 2 is 1.89 bits per heavy atom. The van der Waals surface area contributed by atoms with E-state index in [1.54, 1.807) is 30.6 Å². The van der Waals surface area contributed by atoms with E-state index in [4.69, 9.17) is 0 Å². The second-order valence-electron chi connectivity index (χ2n) is 6.89. The summed E-state index contributed by atoms with van der Waals surface area (Å²) in [5, 5.41) is 21.5. The van der Waals surface area contributed by atoms with Gasteiger partial charge in [0.15, 0.2) is 0 Å². The van der Waals surface area contributed by atoms with Crippen LogP contribution < -0.4 is 0 Å². The Labute approximate surface area is 159 Å². The first-order valence-electron chi connectivity index (χ1n) is 8.92. The summed E-state index contributed by atoms with van der Waals surface area (Å²) in [7, 11) is -3.76. The second kappa shape index (κ2) is 8.04. The number of aromatic nitrogens is 1. The molecule has 2 aromatic rings. The highest BCUT2D eigenvalue weighted by molar-refractivity contribution is 7.89. The van der Waals surface area contributed by atoms with Crippen molar-refractivity contribution in [2.75, 3.05) is 26.2 Å². The summed E-state index contributed by atoms with van der Waals surface area (Å²) < 4.78 is 26.8. The summed E-state index contributed by atoms with van der Waals surface area (Å²) >= 11 is 0. The Morgan fingerprint density at radius 3 is 2.52 bits per heavy atom. The van der Waals surface area contributed by atoms with Gasteiger partial charge in [-0.3, -0.25) is 9.88 Å². The van der Waals surface area contributed by atoms with E-state index in [9.17, 15) is 18.6 Å². The molecule has 0 radical (unpaired) electrons. The smallest absolute Gasteiger partial charge is 0.243 e. The molecular weight excluding hydrogens is 366 g/mol. The molecule has 0 aliphatic carbocycles. The number of nitrogens with zero attached hydrogens (tertiary/aromatic N) is 3. The van der Waals surface area contributed by atoms with Crippen LogP contribution in [0.5, 0.6) is 0 Å². The lowest BCUT2D eigenvalue weighted by molar-refractivity contribution is -0.0616. The van der Waals surface area contributed by atoms with Crippen LogP contribution in [0.25, 0.3) is 0 Å². The van der Waals surface area contributed by atoms with E-state index in [-0.39, 0.29) is 24.5 Å². The highest BCUT2D eigenvalue weighted by atomic mass is 32.2. The molecule has 0 spiro atoms. The van der Waals surface area contributed by atoms with Gasteiger partial charge in [-0.15, -0.1) is 0 Å². The zero-order valence-electron chi connectivity index (χ0n) is 15.3.